The molecule has 39 heavy (non-hydrogen) atoms. The summed E-state index contributed by atoms with van der Waals surface area (Å²) in [4.78, 5) is 29.3. The number of hydrogen-bond acceptors (Lipinski definition) is 5. The molecule has 1 aliphatic carbocycles. The van der Waals surface area contributed by atoms with Crippen molar-refractivity contribution in [2.24, 2.45) is 29.2 Å². The third-order valence-corrected chi connectivity index (χ3v) is 9.46. The molecule has 216 valence electrons. The first-order valence-electron chi connectivity index (χ1n) is 15.0. The lowest BCUT2D eigenvalue weighted by Crippen LogP contribution is -2.59. The third-order valence-electron chi connectivity index (χ3n) is 9.46. The van der Waals surface area contributed by atoms with E-state index in [9.17, 15) is 9.59 Å². The topological polar surface area (TPSA) is 149 Å². The van der Waals surface area contributed by atoms with Gasteiger partial charge in [-0.05, 0) is 93.3 Å². The maximum atomic E-state index is 14.5. The van der Waals surface area contributed by atoms with Gasteiger partial charge in [0.25, 0.3) is 0 Å². The number of carbonyl (C=O) groups is 2. The van der Waals surface area contributed by atoms with Crippen molar-refractivity contribution < 1.29 is 9.59 Å². The van der Waals surface area contributed by atoms with Crippen LogP contribution in [0.4, 0.5) is 0 Å². The van der Waals surface area contributed by atoms with Crippen LogP contribution in [0.15, 0.2) is 24.3 Å². The van der Waals surface area contributed by atoms with Gasteiger partial charge in [-0.15, -0.1) is 0 Å². The molecule has 2 atom stereocenters. The molecule has 1 saturated carbocycles. The van der Waals surface area contributed by atoms with Crippen molar-refractivity contribution in [1.29, 1.82) is 5.41 Å². The minimum atomic E-state index is -0.630. The molecule has 1 saturated heterocycles. The van der Waals surface area contributed by atoms with E-state index in [1.165, 1.54) is 24.0 Å². The van der Waals surface area contributed by atoms with Crippen molar-refractivity contribution in [3.63, 3.8) is 0 Å². The maximum absolute atomic E-state index is 14.5. The number of benzene rings is 1. The van der Waals surface area contributed by atoms with Crippen molar-refractivity contribution >= 4 is 17.8 Å². The van der Waals surface area contributed by atoms with Crippen molar-refractivity contribution in [1.82, 2.24) is 20.9 Å². The van der Waals surface area contributed by atoms with E-state index in [1.54, 1.807) is 0 Å². The summed E-state index contributed by atoms with van der Waals surface area (Å²) in [5.41, 5.74) is 13.5. The Bertz CT molecular complexity index is 999. The molecule has 0 radical (unpaired) electrons. The van der Waals surface area contributed by atoms with Crippen LogP contribution in [-0.2, 0) is 15.0 Å². The minimum Gasteiger partial charge on any atom is -0.370 e. The fourth-order valence-electron chi connectivity index (χ4n) is 7.20. The zero-order valence-electron chi connectivity index (χ0n) is 23.8. The maximum Gasteiger partial charge on any atom is 0.236 e. The molecule has 2 fully saturated rings. The summed E-state index contributed by atoms with van der Waals surface area (Å²) in [6, 6.07) is 8.08. The summed E-state index contributed by atoms with van der Waals surface area (Å²) in [6.45, 7) is 7.70. The number of nitrogens with one attached hydrogen (secondary N) is 4. The van der Waals surface area contributed by atoms with Crippen molar-refractivity contribution in [3.05, 3.63) is 35.4 Å². The Morgan fingerprint density at radius 1 is 1.13 bits per heavy atom. The molecule has 2 aliphatic heterocycles. The molecule has 2 heterocycles. The smallest absolute Gasteiger partial charge is 0.236 e. The van der Waals surface area contributed by atoms with Gasteiger partial charge in [-0.3, -0.25) is 15.0 Å². The Labute approximate surface area is 233 Å². The number of guanidine groups is 1. The summed E-state index contributed by atoms with van der Waals surface area (Å²) in [6.07, 6.45) is 7.43. The first kappa shape index (κ1) is 29.3. The molecule has 0 bridgehead atoms. The van der Waals surface area contributed by atoms with E-state index < -0.39 is 11.5 Å². The van der Waals surface area contributed by atoms with Crippen LogP contribution in [-0.4, -0.2) is 61.4 Å². The predicted octanol–water partition coefficient (Wildman–Crippen LogP) is 2.36. The van der Waals surface area contributed by atoms with E-state index in [-0.39, 0.29) is 23.8 Å². The molecule has 1 unspecified atom stereocenters. The van der Waals surface area contributed by atoms with Gasteiger partial charge in [0.05, 0.1) is 17.5 Å². The molecule has 1 aromatic rings. The average Bonchev–Trinajstić information content (AvgIpc) is 2.94. The van der Waals surface area contributed by atoms with Gasteiger partial charge >= 0.3 is 0 Å². The zero-order chi connectivity index (χ0) is 28.0. The lowest BCUT2D eigenvalue weighted by Gasteiger charge is -2.52. The van der Waals surface area contributed by atoms with Gasteiger partial charge < -0.3 is 32.3 Å². The first-order chi connectivity index (χ1) is 18.7. The molecule has 3 aliphatic rings. The number of rotatable bonds is 10. The van der Waals surface area contributed by atoms with Gasteiger partial charge in [-0.2, -0.15) is 0 Å². The predicted molar refractivity (Wildman–Crippen MR) is 155 cm³/mol. The van der Waals surface area contributed by atoms with Crippen LogP contribution in [0.1, 0.15) is 82.4 Å². The number of nitrogens with zero attached hydrogens (tertiary/aromatic N) is 1. The largest absolute Gasteiger partial charge is 0.370 e. The Hall–Kier alpha value is -2.65. The summed E-state index contributed by atoms with van der Waals surface area (Å²) < 4.78 is 0. The van der Waals surface area contributed by atoms with E-state index in [0.717, 1.165) is 44.7 Å². The van der Waals surface area contributed by atoms with Gasteiger partial charge in [0.1, 0.15) is 0 Å². The number of fused-ring (bicyclic) bond motifs is 2. The lowest BCUT2D eigenvalue weighted by atomic mass is 9.64. The molecule has 2 amide bonds. The van der Waals surface area contributed by atoms with E-state index >= 15 is 0 Å². The molecule has 1 aromatic carbocycles. The zero-order valence-corrected chi connectivity index (χ0v) is 23.8. The highest BCUT2D eigenvalue weighted by molar-refractivity contribution is 5.91. The van der Waals surface area contributed by atoms with Crippen molar-refractivity contribution in [3.8, 4) is 0 Å². The Morgan fingerprint density at radius 3 is 2.49 bits per heavy atom. The second kappa shape index (κ2) is 13.1. The molecule has 0 aromatic heterocycles. The van der Waals surface area contributed by atoms with Crippen LogP contribution in [0, 0.1) is 23.2 Å². The Morgan fingerprint density at radius 2 is 1.82 bits per heavy atom. The highest BCUT2D eigenvalue weighted by atomic mass is 16.2. The first-order valence-corrected chi connectivity index (χ1v) is 15.0. The monoisotopic (exact) mass is 539 g/mol. The molecule has 8 N–H and O–H groups in total. The second-order valence-corrected chi connectivity index (χ2v) is 12.2. The minimum absolute atomic E-state index is 0.0468. The number of amides is 2. The van der Waals surface area contributed by atoms with Crippen molar-refractivity contribution in [2.45, 2.75) is 82.7 Å². The summed E-state index contributed by atoms with van der Waals surface area (Å²) in [5.74, 6) is 1.82. The molecular formula is C30H49N7O2. The molecule has 9 nitrogen and oxygen atoms in total. The van der Waals surface area contributed by atoms with Crippen LogP contribution >= 0.6 is 0 Å². The Balaban J connectivity index is 1.50. The fraction of sp³-hybridized carbons (Fsp3) is 0.700. The number of hydrogen-bond donors (Lipinski definition) is 6. The highest BCUT2D eigenvalue weighted by Gasteiger charge is 2.52. The van der Waals surface area contributed by atoms with Crippen LogP contribution in [0.2, 0.25) is 0 Å². The van der Waals surface area contributed by atoms with E-state index in [1.807, 2.05) is 0 Å². The van der Waals surface area contributed by atoms with E-state index in [0.29, 0.717) is 44.3 Å². The van der Waals surface area contributed by atoms with Gasteiger partial charge in [0, 0.05) is 19.6 Å². The molecule has 1 spiro atoms. The van der Waals surface area contributed by atoms with Gasteiger partial charge in [-0.1, -0.05) is 38.1 Å². The summed E-state index contributed by atoms with van der Waals surface area (Å²) in [5, 5.41) is 16.4. The summed E-state index contributed by atoms with van der Waals surface area (Å²) in [7, 11) is 0. The number of piperidine rings is 1. The molecule has 4 rings (SSSR count). The van der Waals surface area contributed by atoms with Crippen LogP contribution in [0.25, 0.3) is 0 Å². The summed E-state index contributed by atoms with van der Waals surface area (Å²) >= 11 is 0. The normalized spacial score (nSPS) is 25.3. The van der Waals surface area contributed by atoms with E-state index in [4.69, 9.17) is 16.9 Å². The fourth-order valence-corrected chi connectivity index (χ4v) is 7.20. The lowest BCUT2D eigenvalue weighted by molar-refractivity contribution is -0.145. The second-order valence-electron chi connectivity index (χ2n) is 12.2. The highest BCUT2D eigenvalue weighted by Crippen LogP contribution is 2.51. The van der Waals surface area contributed by atoms with E-state index in [2.05, 4.69) is 59.0 Å². The average molecular weight is 540 g/mol. The van der Waals surface area contributed by atoms with Crippen molar-refractivity contribution in [2.75, 3.05) is 32.7 Å². The molecule has 9 heteroatoms. The van der Waals surface area contributed by atoms with Gasteiger partial charge in [0.15, 0.2) is 5.96 Å². The third kappa shape index (κ3) is 6.57. The van der Waals surface area contributed by atoms with Gasteiger partial charge in [0.2, 0.25) is 11.8 Å². The molecular weight excluding hydrogens is 490 g/mol. The van der Waals surface area contributed by atoms with Crippen LogP contribution < -0.4 is 27.4 Å². The van der Waals surface area contributed by atoms with Gasteiger partial charge in [-0.25, -0.2) is 0 Å². The Kier molecular flexibility index (Phi) is 9.88. The standard InChI is InChI=1S/C30H49N7O2/c1-20(2)21-9-11-22(12-10-21)26-23-6-3-4-7-24(23)30(13-16-34-17-14-30)28(39)37(26)19-18-35-27(38)25(31)8-5-15-36-29(32)33/h3-4,6-7,20-22,25-26,34H,5,8-19,31H2,1-2H3,(H,35,38)(H4,32,33,36)/t21-,22+,25-,26?/m0/s1. The SMILES string of the molecule is CC(C)[C@H]1CC[C@@H](C2c3ccccc3C3(CCNCC3)C(=O)N2CCNC(=O)[C@@H](N)CCCNC(=N)N)CC1. The van der Waals surface area contributed by atoms with Crippen LogP contribution in [0.5, 0.6) is 0 Å². The van der Waals surface area contributed by atoms with Crippen LogP contribution in [0.3, 0.4) is 0 Å². The quantitative estimate of drug-likeness (QED) is 0.153. The number of nitrogens with two attached hydrogens (primary N) is 2. The number of carbonyl (C=O) groups excluding carboxylic acids is 2.